The van der Waals surface area contributed by atoms with Gasteiger partial charge >= 0.3 is 6.03 Å². The average molecular weight is 328 g/mol. The van der Waals surface area contributed by atoms with Gasteiger partial charge in [0.15, 0.2) is 0 Å². The van der Waals surface area contributed by atoms with E-state index in [-0.39, 0.29) is 12.1 Å². The number of hydrogen-bond acceptors (Lipinski definition) is 6. The Morgan fingerprint density at radius 3 is 3.00 bits per heavy atom. The molecule has 5 nitrogen and oxygen atoms in total. The van der Waals surface area contributed by atoms with E-state index >= 15 is 0 Å². The summed E-state index contributed by atoms with van der Waals surface area (Å²) in [6.45, 7) is 2.03. The van der Waals surface area contributed by atoms with E-state index in [1.54, 1.807) is 23.3 Å². The summed E-state index contributed by atoms with van der Waals surface area (Å²) in [4.78, 5) is 18.0. The maximum Gasteiger partial charge on any atom is 0.323 e. The van der Waals surface area contributed by atoms with Crippen molar-refractivity contribution in [2.45, 2.75) is 24.5 Å². The maximum absolute atomic E-state index is 12.1. The van der Waals surface area contributed by atoms with E-state index in [2.05, 4.69) is 26.1 Å². The lowest BCUT2D eigenvalue weighted by atomic mass is 10.1. The third-order valence-corrected chi connectivity index (χ3v) is 4.92. The summed E-state index contributed by atoms with van der Waals surface area (Å²) in [7, 11) is 1.79. The summed E-state index contributed by atoms with van der Waals surface area (Å²) in [6, 6.07) is 2.05. The molecule has 0 bridgehead atoms. The van der Waals surface area contributed by atoms with Crippen LogP contribution in [0.4, 0.5) is 9.93 Å². The number of hydrogen-bond donors (Lipinski definition) is 1. The summed E-state index contributed by atoms with van der Waals surface area (Å²) in [6.07, 6.45) is 2.75. The van der Waals surface area contributed by atoms with Gasteiger partial charge in [-0.05, 0) is 42.0 Å². The standard InChI is InChI=1S/C12H16N4OS3/c1-8(6-9-4-5-19-7-9)16(2)12(17)14-10-13-11(18-3)15-20-10/h4-5,7-8H,6H2,1-3H3,(H,13,14,15,17)/t8-/m1/s1. The lowest BCUT2D eigenvalue weighted by Crippen LogP contribution is -2.39. The van der Waals surface area contributed by atoms with Gasteiger partial charge in [0, 0.05) is 24.6 Å². The number of nitrogens with zero attached hydrogens (tertiary/aromatic N) is 3. The predicted molar refractivity (Wildman–Crippen MR) is 86.0 cm³/mol. The zero-order valence-corrected chi connectivity index (χ0v) is 13.9. The highest BCUT2D eigenvalue weighted by molar-refractivity contribution is 7.98. The minimum atomic E-state index is -0.156. The van der Waals surface area contributed by atoms with Gasteiger partial charge in [0.2, 0.25) is 10.3 Å². The van der Waals surface area contributed by atoms with Gasteiger partial charge < -0.3 is 4.90 Å². The van der Waals surface area contributed by atoms with Crippen molar-refractivity contribution >= 4 is 45.8 Å². The molecule has 20 heavy (non-hydrogen) atoms. The number of urea groups is 1. The molecule has 0 saturated heterocycles. The summed E-state index contributed by atoms with van der Waals surface area (Å²) in [5.41, 5.74) is 1.25. The first-order valence-corrected chi connectivity index (χ1v) is 8.97. The van der Waals surface area contributed by atoms with E-state index in [9.17, 15) is 4.79 Å². The van der Waals surface area contributed by atoms with E-state index in [4.69, 9.17) is 0 Å². The third kappa shape index (κ3) is 3.94. The molecule has 0 radical (unpaired) electrons. The first-order valence-electron chi connectivity index (χ1n) is 6.02. The van der Waals surface area contributed by atoms with Crippen LogP contribution in [0, 0.1) is 0 Å². The Kier molecular flexibility index (Phi) is 5.38. The molecule has 0 aliphatic carbocycles. The molecule has 2 rings (SSSR count). The molecule has 0 fully saturated rings. The Labute approximate surface area is 130 Å². The molecule has 1 N–H and O–H groups in total. The summed E-state index contributed by atoms with van der Waals surface area (Å²) in [5.74, 6) is 0. The van der Waals surface area contributed by atoms with Crippen molar-refractivity contribution in [2.24, 2.45) is 0 Å². The fourth-order valence-electron chi connectivity index (χ4n) is 1.61. The first-order chi connectivity index (χ1) is 9.60. The number of thioether (sulfide) groups is 1. The van der Waals surface area contributed by atoms with Gasteiger partial charge in [-0.15, -0.1) is 0 Å². The second-order valence-electron chi connectivity index (χ2n) is 4.31. The highest BCUT2D eigenvalue weighted by Crippen LogP contribution is 2.18. The first kappa shape index (κ1) is 15.3. The van der Waals surface area contributed by atoms with Crippen LogP contribution < -0.4 is 5.32 Å². The predicted octanol–water partition coefficient (Wildman–Crippen LogP) is 3.42. The SMILES string of the molecule is CSc1nsc(NC(=O)N(C)[C@H](C)Cc2ccsc2)n1. The summed E-state index contributed by atoms with van der Waals surface area (Å²) < 4.78 is 4.11. The second kappa shape index (κ2) is 7.05. The Balaban J connectivity index is 1.90. The molecule has 2 heterocycles. The van der Waals surface area contributed by atoms with Crippen LogP contribution in [0.25, 0.3) is 0 Å². The number of carbonyl (C=O) groups excluding carboxylic acids is 1. The zero-order valence-electron chi connectivity index (χ0n) is 11.5. The molecule has 2 aromatic rings. The molecular weight excluding hydrogens is 312 g/mol. The molecule has 108 valence electrons. The van der Waals surface area contributed by atoms with Crippen LogP contribution in [0.15, 0.2) is 22.0 Å². The van der Waals surface area contributed by atoms with Crippen LogP contribution in [0.2, 0.25) is 0 Å². The molecule has 0 aromatic carbocycles. The Morgan fingerprint density at radius 2 is 2.40 bits per heavy atom. The van der Waals surface area contributed by atoms with Crippen molar-refractivity contribution in [3.63, 3.8) is 0 Å². The van der Waals surface area contributed by atoms with Gasteiger partial charge in [-0.1, -0.05) is 11.8 Å². The van der Waals surface area contributed by atoms with Crippen LogP contribution in [0.3, 0.4) is 0 Å². The number of nitrogens with one attached hydrogen (secondary N) is 1. The van der Waals surface area contributed by atoms with Crippen molar-refractivity contribution in [2.75, 3.05) is 18.6 Å². The Hall–Kier alpha value is -1.12. The van der Waals surface area contributed by atoms with Gasteiger partial charge in [-0.25, -0.2) is 4.79 Å². The number of likely N-dealkylation sites (N-methyl/N-ethyl adjacent to an activating group) is 1. The molecule has 8 heteroatoms. The van der Waals surface area contributed by atoms with Crippen molar-refractivity contribution in [1.29, 1.82) is 0 Å². The molecule has 1 atom stereocenters. The van der Waals surface area contributed by atoms with Crippen molar-refractivity contribution in [3.8, 4) is 0 Å². The number of aromatic nitrogens is 2. The Morgan fingerprint density at radius 1 is 1.60 bits per heavy atom. The van der Waals surface area contributed by atoms with Gasteiger partial charge in [0.1, 0.15) is 0 Å². The fraction of sp³-hybridized carbons (Fsp3) is 0.417. The highest BCUT2D eigenvalue weighted by atomic mass is 32.2. The second-order valence-corrected chi connectivity index (χ2v) is 6.62. The summed E-state index contributed by atoms with van der Waals surface area (Å²) >= 11 is 4.33. The van der Waals surface area contributed by atoms with E-state index in [0.29, 0.717) is 10.3 Å². The third-order valence-electron chi connectivity index (χ3n) is 2.90. The van der Waals surface area contributed by atoms with Gasteiger partial charge in [-0.3, -0.25) is 5.32 Å². The average Bonchev–Trinajstić information content (AvgIpc) is 3.09. The van der Waals surface area contributed by atoms with Crippen LogP contribution in [0.1, 0.15) is 12.5 Å². The molecule has 2 aromatic heterocycles. The quantitative estimate of drug-likeness (QED) is 0.855. The van der Waals surface area contributed by atoms with Crippen molar-refractivity contribution in [3.05, 3.63) is 22.4 Å². The number of thiophene rings is 1. The molecule has 0 aliphatic heterocycles. The minimum absolute atomic E-state index is 0.123. The maximum atomic E-state index is 12.1. The molecular formula is C12H16N4OS3. The van der Waals surface area contributed by atoms with E-state index in [0.717, 1.165) is 6.42 Å². The number of anilines is 1. The topological polar surface area (TPSA) is 58.1 Å². The number of carbonyl (C=O) groups is 1. The minimum Gasteiger partial charge on any atom is -0.324 e. The van der Waals surface area contributed by atoms with Crippen molar-refractivity contribution < 1.29 is 4.79 Å². The van der Waals surface area contributed by atoms with E-state index in [1.807, 2.05) is 18.6 Å². The monoisotopic (exact) mass is 328 g/mol. The lowest BCUT2D eigenvalue weighted by molar-refractivity contribution is 0.207. The molecule has 0 unspecified atom stereocenters. The lowest BCUT2D eigenvalue weighted by Gasteiger charge is -2.24. The zero-order chi connectivity index (χ0) is 14.5. The fourth-order valence-corrected chi connectivity index (χ4v) is 3.41. The molecule has 0 spiro atoms. The van der Waals surface area contributed by atoms with E-state index < -0.39 is 0 Å². The number of rotatable bonds is 5. The highest BCUT2D eigenvalue weighted by Gasteiger charge is 2.17. The van der Waals surface area contributed by atoms with Crippen LogP contribution >= 0.6 is 34.6 Å². The van der Waals surface area contributed by atoms with Gasteiger partial charge in [0.25, 0.3) is 0 Å². The Bertz CT molecular complexity index is 555. The normalized spacial score (nSPS) is 12.2. The van der Waals surface area contributed by atoms with Gasteiger partial charge in [0.05, 0.1) is 0 Å². The molecule has 0 saturated carbocycles. The largest absolute Gasteiger partial charge is 0.324 e. The van der Waals surface area contributed by atoms with Gasteiger partial charge in [-0.2, -0.15) is 20.7 Å². The van der Waals surface area contributed by atoms with E-state index in [1.165, 1.54) is 28.9 Å². The summed E-state index contributed by atoms with van der Waals surface area (Å²) in [5, 5.41) is 8.15. The smallest absolute Gasteiger partial charge is 0.323 e. The molecule has 0 aliphatic rings. The number of amides is 2. The van der Waals surface area contributed by atoms with Crippen LogP contribution in [-0.2, 0) is 6.42 Å². The van der Waals surface area contributed by atoms with Crippen molar-refractivity contribution in [1.82, 2.24) is 14.3 Å². The molecule has 2 amide bonds. The van der Waals surface area contributed by atoms with Crippen LogP contribution in [0.5, 0.6) is 0 Å². The van der Waals surface area contributed by atoms with Crippen LogP contribution in [-0.4, -0.2) is 39.6 Å².